The van der Waals surface area contributed by atoms with Crippen LogP contribution in [-0.2, 0) is 0 Å². The van der Waals surface area contributed by atoms with Gasteiger partial charge in [-0.1, -0.05) is 48.5 Å². The monoisotopic (exact) mass is 201 g/mol. The van der Waals surface area contributed by atoms with Gasteiger partial charge < -0.3 is 4.90 Å². The molecule has 14 heavy (non-hydrogen) atoms. The van der Waals surface area contributed by atoms with Crippen molar-refractivity contribution in [2.45, 2.75) is 54.9 Å². The third-order valence-corrected chi connectivity index (χ3v) is 1.79. The Kier molecular flexibility index (Phi) is 12.9. The Hall–Kier alpha value is -0.0400. The van der Waals surface area contributed by atoms with Crippen molar-refractivity contribution in [2.75, 3.05) is 19.6 Å². The normalized spacial score (nSPS) is 10.7. The van der Waals surface area contributed by atoms with Gasteiger partial charge in [-0.3, -0.25) is 0 Å². The molecule has 0 saturated heterocycles. The van der Waals surface area contributed by atoms with Gasteiger partial charge in [-0.05, 0) is 24.8 Å². The van der Waals surface area contributed by atoms with E-state index in [0.717, 1.165) is 11.8 Å². The first-order valence-corrected chi connectivity index (χ1v) is 6.28. The van der Waals surface area contributed by atoms with E-state index in [-0.39, 0.29) is 0 Å². The summed E-state index contributed by atoms with van der Waals surface area (Å²) >= 11 is 0. The zero-order chi connectivity index (χ0) is 11.6. The van der Waals surface area contributed by atoms with Gasteiger partial charge in [-0.2, -0.15) is 0 Å². The smallest absolute Gasteiger partial charge is 0.000449 e. The molecular weight excluding hydrogens is 170 g/mol. The SMILES string of the molecule is CC.CCCN(CC(C)C)CC(C)C. The van der Waals surface area contributed by atoms with Crippen molar-refractivity contribution in [3.63, 3.8) is 0 Å². The zero-order valence-electron chi connectivity index (χ0n) is 11.4. The molecule has 0 rings (SSSR count). The van der Waals surface area contributed by atoms with Gasteiger partial charge in [0.25, 0.3) is 0 Å². The van der Waals surface area contributed by atoms with Crippen molar-refractivity contribution < 1.29 is 0 Å². The highest BCUT2D eigenvalue weighted by atomic mass is 15.1. The third kappa shape index (κ3) is 12.0. The molecule has 0 aliphatic rings. The molecule has 0 fully saturated rings. The maximum absolute atomic E-state index is 2.58. The summed E-state index contributed by atoms with van der Waals surface area (Å²) < 4.78 is 0. The topological polar surface area (TPSA) is 3.24 Å². The molecule has 0 N–H and O–H groups in total. The van der Waals surface area contributed by atoms with E-state index >= 15 is 0 Å². The molecule has 0 amide bonds. The van der Waals surface area contributed by atoms with Crippen LogP contribution < -0.4 is 0 Å². The predicted molar refractivity (Wildman–Crippen MR) is 67.8 cm³/mol. The molecule has 0 bridgehead atoms. The first-order chi connectivity index (χ1) is 6.56. The highest BCUT2D eigenvalue weighted by Gasteiger charge is 2.07. The van der Waals surface area contributed by atoms with Crippen molar-refractivity contribution in [3.8, 4) is 0 Å². The molecule has 0 aliphatic carbocycles. The van der Waals surface area contributed by atoms with Crippen LogP contribution in [0.1, 0.15) is 54.9 Å². The Bertz CT molecular complexity index is 87.4. The van der Waals surface area contributed by atoms with Crippen molar-refractivity contribution in [1.82, 2.24) is 4.90 Å². The first kappa shape index (κ1) is 16.4. The first-order valence-electron chi connectivity index (χ1n) is 6.28. The van der Waals surface area contributed by atoms with Gasteiger partial charge in [0.2, 0.25) is 0 Å². The summed E-state index contributed by atoms with van der Waals surface area (Å²) in [5.74, 6) is 1.60. The molecule has 0 saturated carbocycles. The average molecular weight is 201 g/mol. The van der Waals surface area contributed by atoms with Crippen LogP contribution in [0.15, 0.2) is 0 Å². The van der Waals surface area contributed by atoms with Gasteiger partial charge in [0, 0.05) is 13.1 Å². The summed E-state index contributed by atoms with van der Waals surface area (Å²) in [5.41, 5.74) is 0. The fraction of sp³-hybridized carbons (Fsp3) is 1.00. The van der Waals surface area contributed by atoms with E-state index in [0.29, 0.717) is 0 Å². The number of hydrogen-bond donors (Lipinski definition) is 0. The van der Waals surface area contributed by atoms with E-state index in [1.165, 1.54) is 26.1 Å². The minimum absolute atomic E-state index is 0.801. The van der Waals surface area contributed by atoms with Crippen LogP contribution >= 0.6 is 0 Å². The van der Waals surface area contributed by atoms with E-state index in [2.05, 4.69) is 39.5 Å². The molecule has 0 radical (unpaired) electrons. The zero-order valence-corrected chi connectivity index (χ0v) is 11.4. The summed E-state index contributed by atoms with van der Waals surface area (Å²) in [7, 11) is 0. The van der Waals surface area contributed by atoms with E-state index in [1.54, 1.807) is 0 Å². The Morgan fingerprint density at radius 2 is 1.21 bits per heavy atom. The quantitative estimate of drug-likeness (QED) is 0.627. The predicted octanol–water partition coefficient (Wildman–Crippen LogP) is 4.04. The lowest BCUT2D eigenvalue weighted by Crippen LogP contribution is -2.31. The van der Waals surface area contributed by atoms with Crippen LogP contribution in [0.3, 0.4) is 0 Å². The fourth-order valence-electron chi connectivity index (χ4n) is 1.61. The molecule has 1 heteroatoms. The summed E-state index contributed by atoms with van der Waals surface area (Å²) in [5, 5.41) is 0. The Balaban J connectivity index is 0. The van der Waals surface area contributed by atoms with Gasteiger partial charge in [-0.15, -0.1) is 0 Å². The minimum Gasteiger partial charge on any atom is -0.303 e. The average Bonchev–Trinajstić information content (AvgIpc) is 2.06. The van der Waals surface area contributed by atoms with Gasteiger partial charge in [0.05, 0.1) is 0 Å². The second-order valence-electron chi connectivity index (χ2n) is 4.55. The van der Waals surface area contributed by atoms with Gasteiger partial charge in [-0.25, -0.2) is 0 Å². The number of rotatable bonds is 6. The van der Waals surface area contributed by atoms with Crippen LogP contribution in [-0.4, -0.2) is 24.5 Å². The molecular formula is C13H31N. The van der Waals surface area contributed by atoms with E-state index in [1.807, 2.05) is 13.8 Å². The Labute approximate surface area is 91.9 Å². The van der Waals surface area contributed by atoms with Crippen LogP contribution in [0.5, 0.6) is 0 Å². The second-order valence-corrected chi connectivity index (χ2v) is 4.55. The van der Waals surface area contributed by atoms with Crippen LogP contribution in [0, 0.1) is 11.8 Å². The van der Waals surface area contributed by atoms with Crippen molar-refractivity contribution in [2.24, 2.45) is 11.8 Å². The van der Waals surface area contributed by atoms with Gasteiger partial charge >= 0.3 is 0 Å². The van der Waals surface area contributed by atoms with Crippen molar-refractivity contribution >= 4 is 0 Å². The Morgan fingerprint density at radius 3 is 1.43 bits per heavy atom. The molecule has 1 nitrogen and oxygen atoms in total. The van der Waals surface area contributed by atoms with E-state index < -0.39 is 0 Å². The highest BCUT2D eigenvalue weighted by molar-refractivity contribution is 4.61. The molecule has 0 unspecified atom stereocenters. The van der Waals surface area contributed by atoms with E-state index in [9.17, 15) is 0 Å². The lowest BCUT2D eigenvalue weighted by atomic mass is 10.1. The molecule has 0 spiro atoms. The molecule has 0 aliphatic heterocycles. The van der Waals surface area contributed by atoms with Crippen molar-refractivity contribution in [1.29, 1.82) is 0 Å². The fourth-order valence-corrected chi connectivity index (χ4v) is 1.61. The largest absolute Gasteiger partial charge is 0.303 e. The molecule has 0 aromatic rings. The second kappa shape index (κ2) is 11.0. The molecule has 0 heterocycles. The van der Waals surface area contributed by atoms with E-state index in [4.69, 9.17) is 0 Å². The summed E-state index contributed by atoms with van der Waals surface area (Å²) in [6.45, 7) is 19.2. The molecule has 0 atom stereocenters. The maximum Gasteiger partial charge on any atom is 0.000449 e. The maximum atomic E-state index is 2.58. The molecule has 0 aromatic carbocycles. The summed E-state index contributed by atoms with van der Waals surface area (Å²) in [4.78, 5) is 2.58. The van der Waals surface area contributed by atoms with Crippen molar-refractivity contribution in [3.05, 3.63) is 0 Å². The lowest BCUT2D eigenvalue weighted by Gasteiger charge is -2.25. The standard InChI is InChI=1S/C11H25N.C2H6/c1-6-7-12(8-10(2)3)9-11(4)5;1-2/h10-11H,6-9H2,1-5H3;1-2H3. The summed E-state index contributed by atoms with van der Waals surface area (Å²) in [6.07, 6.45) is 1.28. The van der Waals surface area contributed by atoms with Crippen LogP contribution in [0.4, 0.5) is 0 Å². The third-order valence-electron chi connectivity index (χ3n) is 1.79. The Morgan fingerprint density at radius 1 is 0.857 bits per heavy atom. The van der Waals surface area contributed by atoms with Gasteiger partial charge in [0.15, 0.2) is 0 Å². The number of hydrogen-bond acceptors (Lipinski definition) is 1. The van der Waals surface area contributed by atoms with Crippen LogP contribution in [0.2, 0.25) is 0 Å². The summed E-state index contributed by atoms with van der Waals surface area (Å²) in [6, 6.07) is 0. The highest BCUT2D eigenvalue weighted by Crippen LogP contribution is 2.03. The minimum atomic E-state index is 0.801. The van der Waals surface area contributed by atoms with Gasteiger partial charge in [0.1, 0.15) is 0 Å². The molecule has 88 valence electrons. The lowest BCUT2D eigenvalue weighted by molar-refractivity contribution is 0.220. The number of nitrogens with zero attached hydrogens (tertiary/aromatic N) is 1. The molecule has 0 aromatic heterocycles. The van der Waals surface area contributed by atoms with Crippen LogP contribution in [0.25, 0.3) is 0 Å².